The molecule has 40 heavy (non-hydrogen) atoms. The Hall–Kier alpha value is -0.480. The van der Waals surface area contributed by atoms with E-state index in [1.165, 1.54) is 0 Å². The molecule has 12 heteroatoms. The van der Waals surface area contributed by atoms with Crippen LogP contribution in [0, 0.1) is 0 Å². The topological polar surface area (TPSA) is 111 Å². The first-order chi connectivity index (χ1) is 19.9. The van der Waals surface area contributed by atoms with E-state index in [9.17, 15) is 0 Å². The van der Waals surface area contributed by atoms with Gasteiger partial charge in [0.25, 0.3) is 0 Å². The quantitative estimate of drug-likeness (QED) is 0.0993. The Labute approximate surface area is 242 Å². The third-order valence-electron chi connectivity index (χ3n) is 4.94. The van der Waals surface area contributed by atoms with Crippen LogP contribution >= 0.6 is 0 Å². The average molecular weight is 587 g/mol. The minimum absolute atomic E-state index is 0.521. The zero-order chi connectivity index (χ0) is 28.9. The van der Waals surface area contributed by atoms with Gasteiger partial charge in [0.05, 0.1) is 145 Å². The molecule has 0 saturated heterocycles. The van der Waals surface area contributed by atoms with Crippen LogP contribution in [0.4, 0.5) is 0 Å². The maximum Gasteiger partial charge on any atom is 0.0701 e. The van der Waals surface area contributed by atoms with Gasteiger partial charge in [0, 0.05) is 13.2 Å². The maximum absolute atomic E-state index is 5.47. The van der Waals surface area contributed by atoms with Crippen molar-refractivity contribution in [1.82, 2.24) is 0 Å². The van der Waals surface area contributed by atoms with E-state index >= 15 is 0 Å². The first kappa shape index (κ1) is 39.5. The second-order valence-corrected chi connectivity index (χ2v) is 8.29. The van der Waals surface area contributed by atoms with Crippen molar-refractivity contribution < 1.29 is 56.8 Å². The fourth-order valence-electron chi connectivity index (χ4n) is 2.81. The molecule has 0 aliphatic heterocycles. The van der Waals surface area contributed by atoms with Crippen molar-refractivity contribution in [1.29, 1.82) is 0 Å². The number of unbranched alkanes of at least 4 members (excludes halogenated alkanes) is 1. The molecule has 0 heterocycles. The lowest BCUT2D eigenvalue weighted by Crippen LogP contribution is -2.15. The van der Waals surface area contributed by atoms with Gasteiger partial charge in [-0.25, -0.2) is 0 Å². The van der Waals surface area contributed by atoms with Crippen molar-refractivity contribution in [2.75, 3.05) is 159 Å². The Morgan fingerprint density at radius 1 is 0.225 bits per heavy atom. The molecule has 0 spiro atoms. The summed E-state index contributed by atoms with van der Waals surface area (Å²) in [5, 5.41) is 0. The highest BCUT2D eigenvalue weighted by Crippen LogP contribution is 1.89. The minimum Gasteiger partial charge on any atom is -0.379 e. The van der Waals surface area contributed by atoms with Crippen molar-refractivity contribution >= 4 is 0 Å². The van der Waals surface area contributed by atoms with E-state index in [-0.39, 0.29) is 0 Å². The van der Waals surface area contributed by atoms with Crippen LogP contribution in [0.25, 0.3) is 0 Å². The largest absolute Gasteiger partial charge is 0.379 e. The first-order valence-corrected chi connectivity index (χ1v) is 14.8. The van der Waals surface area contributed by atoms with Crippen LogP contribution in [0.15, 0.2) is 0 Å². The highest BCUT2D eigenvalue weighted by Gasteiger charge is 1.96. The fraction of sp³-hybridized carbons (Fsp3) is 1.00. The molecule has 0 bridgehead atoms. The second-order valence-electron chi connectivity index (χ2n) is 8.29. The molecule has 0 aromatic rings. The zero-order valence-corrected chi connectivity index (χ0v) is 25.3. The summed E-state index contributed by atoms with van der Waals surface area (Å²) in [5.74, 6) is 0. The molecule has 0 aliphatic rings. The van der Waals surface area contributed by atoms with Gasteiger partial charge in [-0.2, -0.15) is 0 Å². The monoisotopic (exact) mass is 586 g/mol. The molecule has 0 saturated carbocycles. The fourth-order valence-corrected chi connectivity index (χ4v) is 2.81. The van der Waals surface area contributed by atoms with Gasteiger partial charge in [-0.1, -0.05) is 13.3 Å². The standard InChI is InChI=1S/C28H58O12/c1-3-5-6-30-9-10-32-13-14-34-17-18-36-21-22-38-25-26-40-28-27-39-24-23-37-20-19-35-16-15-33-12-11-31-8-7-29-4-2/h3-28H2,1-2H3. The molecule has 12 nitrogen and oxygen atoms in total. The van der Waals surface area contributed by atoms with Gasteiger partial charge in [-0.3, -0.25) is 0 Å². The Kier molecular flexibility index (Phi) is 38.1. The summed E-state index contributed by atoms with van der Waals surface area (Å²) in [6.45, 7) is 17.7. The summed E-state index contributed by atoms with van der Waals surface area (Å²) >= 11 is 0. The van der Waals surface area contributed by atoms with Crippen LogP contribution in [0.1, 0.15) is 26.7 Å². The van der Waals surface area contributed by atoms with Crippen molar-refractivity contribution in [2.24, 2.45) is 0 Å². The van der Waals surface area contributed by atoms with Crippen LogP contribution in [0.5, 0.6) is 0 Å². The Balaban J connectivity index is 3.01. The van der Waals surface area contributed by atoms with Crippen LogP contribution < -0.4 is 0 Å². The van der Waals surface area contributed by atoms with Crippen LogP contribution in [-0.2, 0) is 56.8 Å². The van der Waals surface area contributed by atoms with Gasteiger partial charge >= 0.3 is 0 Å². The minimum atomic E-state index is 0.521. The van der Waals surface area contributed by atoms with Gasteiger partial charge in [-0.05, 0) is 13.3 Å². The van der Waals surface area contributed by atoms with Gasteiger partial charge in [0.2, 0.25) is 0 Å². The number of rotatable bonds is 37. The van der Waals surface area contributed by atoms with Crippen molar-refractivity contribution in [3.8, 4) is 0 Å². The molecule has 0 aromatic heterocycles. The molecule has 0 amide bonds. The number of ether oxygens (including phenoxy) is 12. The molecule has 242 valence electrons. The SMILES string of the molecule is CCCCOCCOCCOCCOCCOCCOCCOCCOCCOCCOCCOCCOCC. The summed E-state index contributed by atoms with van der Waals surface area (Å²) in [7, 11) is 0. The van der Waals surface area contributed by atoms with E-state index in [2.05, 4.69) is 6.92 Å². The Bertz CT molecular complexity index is 396. The molecule has 0 N–H and O–H groups in total. The predicted octanol–water partition coefficient (Wildman–Crippen LogP) is 2.01. The highest BCUT2D eigenvalue weighted by atomic mass is 16.6. The molecule has 0 aliphatic carbocycles. The third-order valence-corrected chi connectivity index (χ3v) is 4.94. The molecule has 0 unspecified atom stereocenters. The summed E-state index contributed by atoms with van der Waals surface area (Å²) in [5.41, 5.74) is 0. The number of hydrogen-bond acceptors (Lipinski definition) is 12. The molecule has 0 radical (unpaired) electrons. The normalized spacial score (nSPS) is 11.6. The average Bonchev–Trinajstić information content (AvgIpc) is 2.97. The van der Waals surface area contributed by atoms with E-state index in [4.69, 9.17) is 56.8 Å². The van der Waals surface area contributed by atoms with E-state index in [0.29, 0.717) is 152 Å². The molecule has 0 rings (SSSR count). The van der Waals surface area contributed by atoms with Crippen molar-refractivity contribution in [3.63, 3.8) is 0 Å². The van der Waals surface area contributed by atoms with Gasteiger partial charge in [0.1, 0.15) is 0 Å². The van der Waals surface area contributed by atoms with Gasteiger partial charge in [0.15, 0.2) is 0 Å². The van der Waals surface area contributed by atoms with Gasteiger partial charge < -0.3 is 56.8 Å². The van der Waals surface area contributed by atoms with Gasteiger partial charge in [-0.15, -0.1) is 0 Å². The van der Waals surface area contributed by atoms with Crippen LogP contribution in [-0.4, -0.2) is 159 Å². The molecule has 0 atom stereocenters. The Morgan fingerprint density at radius 3 is 0.575 bits per heavy atom. The molecule has 0 aromatic carbocycles. The maximum atomic E-state index is 5.47. The zero-order valence-electron chi connectivity index (χ0n) is 25.3. The lowest BCUT2D eigenvalue weighted by Gasteiger charge is -2.09. The van der Waals surface area contributed by atoms with E-state index in [1.807, 2.05) is 6.92 Å². The highest BCUT2D eigenvalue weighted by molar-refractivity contribution is 4.39. The second kappa shape index (κ2) is 38.5. The first-order valence-electron chi connectivity index (χ1n) is 14.8. The van der Waals surface area contributed by atoms with E-state index in [0.717, 1.165) is 19.4 Å². The lowest BCUT2D eigenvalue weighted by atomic mass is 10.4. The Morgan fingerprint density at radius 2 is 0.400 bits per heavy atom. The number of hydrogen-bond donors (Lipinski definition) is 0. The van der Waals surface area contributed by atoms with Crippen LogP contribution in [0.2, 0.25) is 0 Å². The summed E-state index contributed by atoms with van der Waals surface area (Å²) in [6.07, 6.45) is 2.24. The molecular formula is C28H58O12. The third kappa shape index (κ3) is 37.5. The van der Waals surface area contributed by atoms with Crippen molar-refractivity contribution in [2.45, 2.75) is 26.7 Å². The van der Waals surface area contributed by atoms with E-state index in [1.54, 1.807) is 0 Å². The predicted molar refractivity (Wildman–Crippen MR) is 150 cm³/mol. The van der Waals surface area contributed by atoms with E-state index < -0.39 is 0 Å². The van der Waals surface area contributed by atoms with Crippen LogP contribution in [0.3, 0.4) is 0 Å². The summed E-state index contributed by atoms with van der Waals surface area (Å²) in [4.78, 5) is 0. The van der Waals surface area contributed by atoms with Crippen molar-refractivity contribution in [3.05, 3.63) is 0 Å². The molecule has 0 fully saturated rings. The summed E-state index contributed by atoms with van der Waals surface area (Å²) < 4.78 is 65.0. The smallest absolute Gasteiger partial charge is 0.0701 e. The molecular weight excluding hydrogens is 528 g/mol. The summed E-state index contributed by atoms with van der Waals surface area (Å²) in [6, 6.07) is 0. The lowest BCUT2D eigenvalue weighted by molar-refractivity contribution is -0.0282.